The maximum atomic E-state index is 12.4. The van der Waals surface area contributed by atoms with Crippen molar-refractivity contribution >= 4 is 17.8 Å². The van der Waals surface area contributed by atoms with E-state index in [2.05, 4.69) is 5.32 Å². The van der Waals surface area contributed by atoms with Gasteiger partial charge in [-0.3, -0.25) is 14.5 Å². The number of nitrogens with one attached hydrogen (secondary N) is 1. The number of imide groups is 1. The summed E-state index contributed by atoms with van der Waals surface area (Å²) in [4.78, 5) is 40.1. The third-order valence-corrected chi connectivity index (χ3v) is 4.81. The number of nitrogens with zero attached hydrogens (tertiary/aromatic N) is 2. The van der Waals surface area contributed by atoms with E-state index in [0.29, 0.717) is 24.4 Å². The molecule has 7 heteroatoms. The highest BCUT2D eigenvalue weighted by Crippen LogP contribution is 2.28. The largest absolute Gasteiger partial charge is 0.467 e. The van der Waals surface area contributed by atoms with Crippen LogP contribution in [0.3, 0.4) is 0 Å². The highest BCUT2D eigenvalue weighted by Gasteiger charge is 2.47. The summed E-state index contributed by atoms with van der Waals surface area (Å²) in [7, 11) is 0. The van der Waals surface area contributed by atoms with Crippen LogP contribution in [0.1, 0.15) is 34.5 Å². The first kappa shape index (κ1) is 16.4. The molecule has 0 saturated carbocycles. The zero-order valence-electron chi connectivity index (χ0n) is 14.2. The molecular formula is C19H19N3O4. The fourth-order valence-corrected chi connectivity index (χ4v) is 3.50. The van der Waals surface area contributed by atoms with Crippen molar-refractivity contribution in [3.8, 4) is 0 Å². The van der Waals surface area contributed by atoms with Crippen molar-refractivity contribution in [1.29, 1.82) is 0 Å². The maximum Gasteiger partial charge on any atom is 0.327 e. The molecule has 0 radical (unpaired) electrons. The molecule has 134 valence electrons. The standard InChI is InChI=1S/C19H19N3O4/c23-17(20-11-15-6-3-9-26-15)14-5-1-4-13(10-14)12-22-18(24)16-7-2-8-21(16)19(22)25/h1,3-6,9-10,16H,2,7-8,11-12H2,(H,20,23)/t16-/m0/s1. The van der Waals surface area contributed by atoms with Gasteiger partial charge in [0.2, 0.25) is 0 Å². The molecule has 0 unspecified atom stereocenters. The molecule has 26 heavy (non-hydrogen) atoms. The summed E-state index contributed by atoms with van der Waals surface area (Å²) < 4.78 is 5.19. The molecule has 2 aliphatic heterocycles. The van der Waals surface area contributed by atoms with Crippen molar-refractivity contribution in [1.82, 2.24) is 15.1 Å². The van der Waals surface area contributed by atoms with Crippen LogP contribution in [0.25, 0.3) is 0 Å². The lowest BCUT2D eigenvalue weighted by atomic mass is 10.1. The summed E-state index contributed by atoms with van der Waals surface area (Å²) in [5.41, 5.74) is 1.23. The molecule has 2 aromatic rings. The maximum absolute atomic E-state index is 12.4. The molecule has 0 bridgehead atoms. The van der Waals surface area contributed by atoms with Gasteiger partial charge in [-0.1, -0.05) is 12.1 Å². The van der Waals surface area contributed by atoms with Gasteiger partial charge in [0.05, 0.1) is 19.4 Å². The number of carbonyl (C=O) groups is 3. The van der Waals surface area contributed by atoms with Crippen LogP contribution in [0.4, 0.5) is 4.79 Å². The van der Waals surface area contributed by atoms with Crippen LogP contribution >= 0.6 is 0 Å². The Balaban J connectivity index is 1.43. The van der Waals surface area contributed by atoms with Gasteiger partial charge < -0.3 is 14.6 Å². The van der Waals surface area contributed by atoms with Crippen LogP contribution in [0, 0.1) is 0 Å². The topological polar surface area (TPSA) is 82.9 Å². The SMILES string of the molecule is O=C(NCc1ccco1)c1cccc(CN2C(=O)[C@@H]3CCCN3C2=O)c1. The summed E-state index contributed by atoms with van der Waals surface area (Å²) in [6.45, 7) is 1.13. The summed E-state index contributed by atoms with van der Waals surface area (Å²) in [6.07, 6.45) is 3.16. The highest BCUT2D eigenvalue weighted by atomic mass is 16.3. The number of rotatable bonds is 5. The number of fused-ring (bicyclic) bond motifs is 1. The van der Waals surface area contributed by atoms with Crippen LogP contribution in [-0.2, 0) is 17.9 Å². The van der Waals surface area contributed by atoms with Gasteiger partial charge in [-0.25, -0.2) is 4.79 Å². The van der Waals surface area contributed by atoms with Gasteiger partial charge in [-0.05, 0) is 42.7 Å². The van der Waals surface area contributed by atoms with Crippen molar-refractivity contribution < 1.29 is 18.8 Å². The first-order valence-electron chi connectivity index (χ1n) is 8.65. The number of hydrogen-bond donors (Lipinski definition) is 1. The van der Waals surface area contributed by atoms with E-state index in [9.17, 15) is 14.4 Å². The average Bonchev–Trinajstić information content (AvgIpc) is 3.38. The second kappa shape index (κ2) is 6.67. The molecule has 3 heterocycles. The van der Waals surface area contributed by atoms with Gasteiger partial charge in [0, 0.05) is 12.1 Å². The van der Waals surface area contributed by atoms with E-state index in [1.165, 1.54) is 4.90 Å². The Kier molecular flexibility index (Phi) is 4.20. The smallest absolute Gasteiger partial charge is 0.327 e. The van der Waals surface area contributed by atoms with Crippen molar-refractivity contribution in [2.75, 3.05) is 6.54 Å². The Hall–Kier alpha value is -3.09. The van der Waals surface area contributed by atoms with E-state index < -0.39 is 0 Å². The fraction of sp³-hybridized carbons (Fsp3) is 0.316. The number of benzene rings is 1. The van der Waals surface area contributed by atoms with Crippen molar-refractivity contribution in [3.05, 3.63) is 59.5 Å². The van der Waals surface area contributed by atoms with Gasteiger partial charge in [-0.2, -0.15) is 0 Å². The lowest BCUT2D eigenvalue weighted by molar-refractivity contribution is -0.128. The van der Waals surface area contributed by atoms with Crippen LogP contribution < -0.4 is 5.32 Å². The summed E-state index contributed by atoms with van der Waals surface area (Å²) in [5.74, 6) is 0.298. The second-order valence-corrected chi connectivity index (χ2v) is 6.52. The summed E-state index contributed by atoms with van der Waals surface area (Å²) >= 11 is 0. The predicted octanol–water partition coefficient (Wildman–Crippen LogP) is 2.14. The predicted molar refractivity (Wildman–Crippen MR) is 92.0 cm³/mol. The quantitative estimate of drug-likeness (QED) is 0.835. The van der Waals surface area contributed by atoms with Gasteiger partial charge in [0.25, 0.3) is 11.8 Å². The van der Waals surface area contributed by atoms with Gasteiger partial charge in [-0.15, -0.1) is 0 Å². The van der Waals surface area contributed by atoms with Gasteiger partial charge in [0.1, 0.15) is 11.8 Å². The highest BCUT2D eigenvalue weighted by molar-refractivity contribution is 6.04. The van der Waals surface area contributed by atoms with Crippen LogP contribution in [0.5, 0.6) is 0 Å². The van der Waals surface area contributed by atoms with Gasteiger partial charge >= 0.3 is 6.03 Å². The minimum atomic E-state index is -0.303. The van der Waals surface area contributed by atoms with E-state index in [0.717, 1.165) is 18.4 Å². The minimum absolute atomic E-state index is 0.139. The Morgan fingerprint density at radius 2 is 2.12 bits per heavy atom. The number of furan rings is 1. The molecule has 1 N–H and O–H groups in total. The molecule has 7 nitrogen and oxygen atoms in total. The lowest BCUT2D eigenvalue weighted by Crippen LogP contribution is -2.32. The number of amides is 4. The van der Waals surface area contributed by atoms with Crippen LogP contribution in [-0.4, -0.2) is 40.2 Å². The normalized spacial score (nSPS) is 19.2. The van der Waals surface area contributed by atoms with E-state index >= 15 is 0 Å². The number of hydrogen-bond acceptors (Lipinski definition) is 4. The van der Waals surface area contributed by atoms with E-state index in [4.69, 9.17) is 4.42 Å². The Labute approximate surface area is 150 Å². The molecule has 2 aliphatic rings. The van der Waals surface area contributed by atoms with Crippen LogP contribution in [0.2, 0.25) is 0 Å². The summed E-state index contributed by atoms with van der Waals surface area (Å²) in [6, 6.07) is 9.99. The van der Waals surface area contributed by atoms with E-state index in [1.54, 1.807) is 41.5 Å². The average molecular weight is 353 g/mol. The molecule has 1 atom stereocenters. The fourth-order valence-electron chi connectivity index (χ4n) is 3.50. The zero-order valence-corrected chi connectivity index (χ0v) is 14.2. The van der Waals surface area contributed by atoms with E-state index in [1.807, 2.05) is 6.07 Å². The van der Waals surface area contributed by atoms with Crippen LogP contribution in [0.15, 0.2) is 47.1 Å². The summed E-state index contributed by atoms with van der Waals surface area (Å²) in [5, 5.41) is 2.78. The molecule has 4 rings (SSSR count). The number of urea groups is 1. The Morgan fingerprint density at radius 3 is 2.88 bits per heavy atom. The van der Waals surface area contributed by atoms with Gasteiger partial charge in [0.15, 0.2) is 0 Å². The molecule has 2 fully saturated rings. The minimum Gasteiger partial charge on any atom is -0.467 e. The molecule has 0 spiro atoms. The van der Waals surface area contributed by atoms with Crippen molar-refractivity contribution in [2.24, 2.45) is 0 Å². The molecule has 0 aliphatic carbocycles. The van der Waals surface area contributed by atoms with Crippen molar-refractivity contribution in [2.45, 2.75) is 32.0 Å². The zero-order chi connectivity index (χ0) is 18.1. The first-order chi connectivity index (χ1) is 12.6. The molecule has 1 aromatic heterocycles. The number of carbonyl (C=O) groups excluding carboxylic acids is 3. The molecule has 2 saturated heterocycles. The third-order valence-electron chi connectivity index (χ3n) is 4.81. The van der Waals surface area contributed by atoms with Crippen molar-refractivity contribution in [3.63, 3.8) is 0 Å². The monoisotopic (exact) mass is 353 g/mol. The first-order valence-corrected chi connectivity index (χ1v) is 8.65. The Morgan fingerprint density at radius 1 is 1.23 bits per heavy atom. The Bertz CT molecular complexity index is 824. The lowest BCUT2D eigenvalue weighted by Gasteiger charge is -2.16. The molecular weight excluding hydrogens is 334 g/mol. The molecule has 1 aromatic carbocycles. The molecule has 4 amide bonds. The second-order valence-electron chi connectivity index (χ2n) is 6.52. The third kappa shape index (κ3) is 2.96. The van der Waals surface area contributed by atoms with E-state index in [-0.39, 0.29) is 30.4 Å².